The van der Waals surface area contributed by atoms with Crippen molar-refractivity contribution in [2.24, 2.45) is 0 Å². The maximum absolute atomic E-state index is 7.48. The summed E-state index contributed by atoms with van der Waals surface area (Å²) in [6.07, 6.45) is 0. The molecule has 1 heterocycles. The van der Waals surface area contributed by atoms with Crippen LogP contribution in [-0.4, -0.2) is 11.7 Å². The van der Waals surface area contributed by atoms with Crippen molar-refractivity contribution in [3.8, 4) is 0 Å². The predicted octanol–water partition coefficient (Wildman–Crippen LogP) is 1.49. The molecule has 62 valence electrons. The van der Waals surface area contributed by atoms with Crippen molar-refractivity contribution in [1.29, 1.82) is 10.8 Å². The lowest BCUT2D eigenvalue weighted by atomic mass is 10.1. The summed E-state index contributed by atoms with van der Waals surface area (Å²) in [7, 11) is 0. The molecule has 4 nitrogen and oxygen atoms in total. The lowest BCUT2D eigenvalue weighted by Crippen LogP contribution is -2.19. The molecule has 1 aliphatic rings. The Balaban J connectivity index is 2.67. The van der Waals surface area contributed by atoms with E-state index in [2.05, 4.69) is 10.2 Å². The summed E-state index contributed by atoms with van der Waals surface area (Å²) in [5.74, 6) is 0.432. The van der Waals surface area contributed by atoms with Gasteiger partial charge in [-0.1, -0.05) is 12.1 Å². The van der Waals surface area contributed by atoms with Gasteiger partial charge in [-0.2, -0.15) is 0 Å². The van der Waals surface area contributed by atoms with Crippen molar-refractivity contribution < 1.29 is 0 Å². The Bertz CT molecular complexity index is 453. The summed E-state index contributed by atoms with van der Waals surface area (Å²) in [6.45, 7) is 6.80. The Morgan fingerprint density at radius 2 is 1.85 bits per heavy atom. The highest BCUT2D eigenvalue weighted by Crippen LogP contribution is 2.21. The minimum Gasteiger partial charge on any atom is -0.325 e. The van der Waals surface area contributed by atoms with Crippen LogP contribution in [0.4, 0.5) is 5.69 Å². The molecule has 0 atom stereocenters. The smallest absolute Gasteiger partial charge is 0.188 e. The quantitative estimate of drug-likeness (QED) is 0.507. The topological polar surface area (TPSA) is 64.1 Å². The fourth-order valence-electron chi connectivity index (χ4n) is 1.29. The molecular weight excluding hydrogens is 164 g/mol. The van der Waals surface area contributed by atoms with Crippen molar-refractivity contribution in [1.82, 2.24) is 5.32 Å². The predicted molar refractivity (Wildman–Crippen MR) is 49.5 cm³/mol. The molecule has 0 bridgehead atoms. The molecule has 0 fully saturated rings. The Labute approximate surface area is 75.0 Å². The van der Waals surface area contributed by atoms with Crippen LogP contribution < -0.4 is 5.32 Å². The molecule has 3 N–H and O–H groups in total. The zero-order chi connectivity index (χ0) is 9.42. The van der Waals surface area contributed by atoms with Gasteiger partial charge < -0.3 is 5.32 Å². The summed E-state index contributed by atoms with van der Waals surface area (Å²) in [6, 6.07) is 4.97. The molecule has 0 saturated heterocycles. The van der Waals surface area contributed by atoms with Gasteiger partial charge in [-0.05, 0) is 6.07 Å². The van der Waals surface area contributed by atoms with E-state index in [-0.39, 0.29) is 11.7 Å². The van der Waals surface area contributed by atoms with Crippen LogP contribution >= 0.6 is 0 Å². The molecule has 0 amide bonds. The number of nitrogens with one attached hydrogen (secondary N) is 3. The maximum Gasteiger partial charge on any atom is 0.188 e. The fraction of sp³-hybridized carbons (Fsp3) is 0. The molecule has 4 heteroatoms. The molecule has 0 aliphatic carbocycles. The van der Waals surface area contributed by atoms with Crippen LogP contribution in [0.1, 0.15) is 11.1 Å². The van der Waals surface area contributed by atoms with Gasteiger partial charge in [-0.3, -0.25) is 10.8 Å². The summed E-state index contributed by atoms with van der Waals surface area (Å²) >= 11 is 0. The highest BCUT2D eigenvalue weighted by molar-refractivity contribution is 6.23. The van der Waals surface area contributed by atoms with E-state index in [0.29, 0.717) is 16.8 Å². The SMILES string of the molecule is [C-]#[N+]c1ccc2c(c1)C(=N)NC2=N. The zero-order valence-corrected chi connectivity index (χ0v) is 6.68. The normalized spacial score (nSPS) is 13.5. The molecule has 2 rings (SSSR count). The van der Waals surface area contributed by atoms with Gasteiger partial charge in [-0.25, -0.2) is 4.85 Å². The number of hydrogen-bond donors (Lipinski definition) is 3. The minimum absolute atomic E-state index is 0.200. The van der Waals surface area contributed by atoms with Crippen molar-refractivity contribution in [3.63, 3.8) is 0 Å². The molecule has 0 unspecified atom stereocenters. The molecule has 0 saturated carbocycles. The van der Waals surface area contributed by atoms with Gasteiger partial charge in [0.05, 0.1) is 6.57 Å². The van der Waals surface area contributed by atoms with E-state index < -0.39 is 0 Å². The molecule has 0 radical (unpaired) electrons. The summed E-state index contributed by atoms with van der Waals surface area (Å²) in [5, 5.41) is 17.5. The Kier molecular flexibility index (Phi) is 1.40. The van der Waals surface area contributed by atoms with Gasteiger partial charge >= 0.3 is 0 Å². The number of hydrogen-bond acceptors (Lipinski definition) is 2. The third-order valence-corrected chi connectivity index (χ3v) is 1.92. The third-order valence-electron chi connectivity index (χ3n) is 1.92. The van der Waals surface area contributed by atoms with Crippen LogP contribution in [0.25, 0.3) is 4.85 Å². The Hall–Kier alpha value is -2.15. The van der Waals surface area contributed by atoms with Gasteiger partial charge in [0.1, 0.15) is 11.7 Å². The summed E-state index contributed by atoms with van der Waals surface area (Å²) in [4.78, 5) is 3.26. The van der Waals surface area contributed by atoms with Crippen LogP contribution in [0.3, 0.4) is 0 Å². The van der Waals surface area contributed by atoms with Crippen LogP contribution in [-0.2, 0) is 0 Å². The first kappa shape index (κ1) is 7.50. The number of fused-ring (bicyclic) bond motifs is 1. The lowest BCUT2D eigenvalue weighted by molar-refractivity contribution is 1.29. The van der Waals surface area contributed by atoms with E-state index in [1.807, 2.05) is 0 Å². The van der Waals surface area contributed by atoms with E-state index in [1.54, 1.807) is 18.2 Å². The third kappa shape index (κ3) is 0.983. The number of nitrogens with zero attached hydrogens (tertiary/aromatic N) is 1. The molecule has 1 aromatic rings. The van der Waals surface area contributed by atoms with E-state index in [4.69, 9.17) is 17.4 Å². The minimum atomic E-state index is 0.200. The maximum atomic E-state index is 7.48. The monoisotopic (exact) mass is 170 g/mol. The second kappa shape index (κ2) is 2.42. The number of benzene rings is 1. The number of rotatable bonds is 0. The van der Waals surface area contributed by atoms with Crippen molar-refractivity contribution in [2.45, 2.75) is 0 Å². The molecule has 0 spiro atoms. The molecule has 1 aliphatic heterocycles. The average molecular weight is 170 g/mol. The number of amidine groups is 2. The molecular formula is C9H6N4. The first-order valence-corrected chi connectivity index (χ1v) is 3.69. The first-order chi connectivity index (χ1) is 6.22. The standard InChI is InChI=1S/C9H6N4/c1-12-5-2-3-6-7(4-5)9(11)13-8(6)10/h2-4H,(H3,10,11,13). The van der Waals surface area contributed by atoms with Gasteiger partial charge in [0, 0.05) is 11.1 Å². The fourth-order valence-corrected chi connectivity index (χ4v) is 1.29. The second-order valence-corrected chi connectivity index (χ2v) is 2.72. The average Bonchev–Trinajstić information content (AvgIpc) is 2.42. The van der Waals surface area contributed by atoms with Gasteiger partial charge in [0.2, 0.25) is 0 Å². The van der Waals surface area contributed by atoms with Crippen LogP contribution in [0.15, 0.2) is 18.2 Å². The highest BCUT2D eigenvalue weighted by atomic mass is 15.0. The molecule has 1 aromatic carbocycles. The van der Waals surface area contributed by atoms with Crippen molar-refractivity contribution >= 4 is 17.4 Å². The van der Waals surface area contributed by atoms with Crippen molar-refractivity contribution in [3.05, 3.63) is 40.7 Å². The van der Waals surface area contributed by atoms with Crippen LogP contribution in [0, 0.1) is 17.4 Å². The second-order valence-electron chi connectivity index (χ2n) is 2.72. The zero-order valence-electron chi connectivity index (χ0n) is 6.68. The summed E-state index contributed by atoms with van der Waals surface area (Å²) < 4.78 is 0. The van der Waals surface area contributed by atoms with Gasteiger partial charge in [0.15, 0.2) is 5.69 Å². The largest absolute Gasteiger partial charge is 0.325 e. The Morgan fingerprint density at radius 1 is 1.15 bits per heavy atom. The lowest BCUT2D eigenvalue weighted by Gasteiger charge is -1.95. The van der Waals surface area contributed by atoms with Crippen molar-refractivity contribution in [2.75, 3.05) is 0 Å². The molecule has 13 heavy (non-hydrogen) atoms. The van der Waals surface area contributed by atoms with Crippen LogP contribution in [0.2, 0.25) is 0 Å². The van der Waals surface area contributed by atoms with Crippen LogP contribution in [0.5, 0.6) is 0 Å². The van der Waals surface area contributed by atoms with E-state index in [0.717, 1.165) is 0 Å². The highest BCUT2D eigenvalue weighted by Gasteiger charge is 2.20. The van der Waals surface area contributed by atoms with E-state index in [1.165, 1.54) is 0 Å². The molecule has 0 aromatic heterocycles. The first-order valence-electron chi connectivity index (χ1n) is 3.69. The van der Waals surface area contributed by atoms with Gasteiger partial charge in [-0.15, -0.1) is 0 Å². The van der Waals surface area contributed by atoms with E-state index >= 15 is 0 Å². The van der Waals surface area contributed by atoms with E-state index in [9.17, 15) is 0 Å². The Morgan fingerprint density at radius 3 is 2.54 bits per heavy atom. The summed E-state index contributed by atoms with van der Waals surface area (Å²) in [5.41, 5.74) is 1.83. The van der Waals surface area contributed by atoms with Gasteiger partial charge in [0.25, 0.3) is 0 Å².